The SMILES string of the molecule is O=[N+]([O-])c1ccc([C@@H]2Nc3c(-c4ccccc4)cccc3[C@@H]3C=CC[C@H]32)cc1. The Hall–Kier alpha value is -3.40. The van der Waals surface area contributed by atoms with Crippen molar-refractivity contribution in [1.29, 1.82) is 0 Å². The van der Waals surface area contributed by atoms with Gasteiger partial charge in [0.25, 0.3) is 5.69 Å². The number of anilines is 1. The maximum atomic E-state index is 11.0. The number of rotatable bonds is 3. The molecule has 1 aliphatic heterocycles. The zero-order valence-electron chi connectivity index (χ0n) is 15.3. The van der Waals surface area contributed by atoms with Crippen LogP contribution in [0.5, 0.6) is 0 Å². The second-order valence-corrected chi connectivity index (χ2v) is 7.46. The molecule has 3 atom stereocenters. The molecule has 2 aliphatic rings. The van der Waals surface area contributed by atoms with E-state index in [2.05, 4.69) is 59.9 Å². The van der Waals surface area contributed by atoms with Crippen LogP contribution in [0.25, 0.3) is 11.1 Å². The number of para-hydroxylation sites is 1. The molecule has 4 heteroatoms. The summed E-state index contributed by atoms with van der Waals surface area (Å²) >= 11 is 0. The quantitative estimate of drug-likeness (QED) is 0.346. The molecule has 1 heterocycles. The first-order chi connectivity index (χ1) is 13.7. The van der Waals surface area contributed by atoms with E-state index in [0.29, 0.717) is 11.8 Å². The lowest BCUT2D eigenvalue weighted by Crippen LogP contribution is -2.29. The van der Waals surface area contributed by atoms with Gasteiger partial charge in [-0.3, -0.25) is 10.1 Å². The van der Waals surface area contributed by atoms with Gasteiger partial charge in [0.2, 0.25) is 0 Å². The van der Waals surface area contributed by atoms with Crippen LogP contribution < -0.4 is 5.32 Å². The lowest BCUT2D eigenvalue weighted by molar-refractivity contribution is -0.384. The maximum absolute atomic E-state index is 11.0. The summed E-state index contributed by atoms with van der Waals surface area (Å²) in [5, 5.41) is 14.8. The summed E-state index contributed by atoms with van der Waals surface area (Å²) in [6.07, 6.45) is 5.59. The number of hydrogen-bond acceptors (Lipinski definition) is 3. The minimum atomic E-state index is -0.346. The van der Waals surface area contributed by atoms with E-state index >= 15 is 0 Å². The van der Waals surface area contributed by atoms with Gasteiger partial charge in [0, 0.05) is 29.3 Å². The van der Waals surface area contributed by atoms with Crippen molar-refractivity contribution < 1.29 is 4.92 Å². The summed E-state index contributed by atoms with van der Waals surface area (Å²) in [7, 11) is 0. The van der Waals surface area contributed by atoms with Gasteiger partial charge in [-0.05, 0) is 29.0 Å². The second kappa shape index (κ2) is 6.64. The molecule has 3 aromatic rings. The van der Waals surface area contributed by atoms with Crippen LogP contribution in [-0.4, -0.2) is 4.92 Å². The van der Waals surface area contributed by atoms with E-state index in [9.17, 15) is 10.1 Å². The largest absolute Gasteiger partial charge is 0.377 e. The molecular weight excluding hydrogens is 348 g/mol. The molecule has 1 aliphatic carbocycles. The van der Waals surface area contributed by atoms with Gasteiger partial charge in [0.1, 0.15) is 0 Å². The number of hydrogen-bond donors (Lipinski definition) is 1. The molecule has 0 fully saturated rings. The fraction of sp³-hybridized carbons (Fsp3) is 0.167. The van der Waals surface area contributed by atoms with E-state index in [-0.39, 0.29) is 16.7 Å². The Kier molecular flexibility index (Phi) is 3.97. The third-order valence-corrected chi connectivity index (χ3v) is 5.94. The minimum absolute atomic E-state index is 0.123. The Morgan fingerprint density at radius 3 is 2.46 bits per heavy atom. The number of allylic oxidation sites excluding steroid dienone is 2. The number of nitrogens with one attached hydrogen (secondary N) is 1. The van der Waals surface area contributed by atoms with Crippen molar-refractivity contribution in [2.75, 3.05) is 5.32 Å². The van der Waals surface area contributed by atoms with Crippen LogP contribution in [0.15, 0.2) is 84.9 Å². The Morgan fingerprint density at radius 2 is 1.71 bits per heavy atom. The van der Waals surface area contributed by atoms with Gasteiger partial charge in [0.05, 0.1) is 11.0 Å². The van der Waals surface area contributed by atoms with E-state index in [0.717, 1.165) is 12.0 Å². The van der Waals surface area contributed by atoms with Crippen LogP contribution in [0.3, 0.4) is 0 Å². The smallest absolute Gasteiger partial charge is 0.269 e. The van der Waals surface area contributed by atoms with E-state index in [1.807, 2.05) is 18.2 Å². The highest BCUT2D eigenvalue weighted by atomic mass is 16.6. The summed E-state index contributed by atoms with van der Waals surface area (Å²) in [5.74, 6) is 0.778. The van der Waals surface area contributed by atoms with Gasteiger partial charge in [-0.25, -0.2) is 0 Å². The van der Waals surface area contributed by atoms with Crippen molar-refractivity contribution in [3.05, 3.63) is 106 Å². The molecule has 28 heavy (non-hydrogen) atoms. The number of nitro groups is 1. The van der Waals surface area contributed by atoms with Crippen LogP contribution in [0.4, 0.5) is 11.4 Å². The Balaban J connectivity index is 1.60. The highest BCUT2D eigenvalue weighted by molar-refractivity contribution is 5.82. The molecule has 0 unspecified atom stereocenters. The molecule has 0 amide bonds. The average Bonchev–Trinajstić information content (AvgIpc) is 3.24. The van der Waals surface area contributed by atoms with Crippen molar-refractivity contribution in [2.45, 2.75) is 18.4 Å². The van der Waals surface area contributed by atoms with E-state index in [4.69, 9.17) is 0 Å². The number of fused-ring (bicyclic) bond motifs is 3. The molecule has 0 bridgehead atoms. The molecule has 0 saturated carbocycles. The summed E-state index contributed by atoms with van der Waals surface area (Å²) < 4.78 is 0. The van der Waals surface area contributed by atoms with Crippen molar-refractivity contribution in [1.82, 2.24) is 0 Å². The van der Waals surface area contributed by atoms with Crippen LogP contribution in [0.1, 0.15) is 29.5 Å². The average molecular weight is 368 g/mol. The van der Waals surface area contributed by atoms with Gasteiger partial charge in [-0.15, -0.1) is 0 Å². The third-order valence-electron chi connectivity index (χ3n) is 5.94. The van der Waals surface area contributed by atoms with Crippen molar-refractivity contribution in [3.8, 4) is 11.1 Å². The highest BCUT2D eigenvalue weighted by Gasteiger charge is 2.38. The maximum Gasteiger partial charge on any atom is 0.269 e. The fourth-order valence-corrected chi connectivity index (χ4v) is 4.61. The third kappa shape index (κ3) is 2.69. The molecular formula is C24H20N2O2. The molecule has 0 aromatic heterocycles. The standard InChI is InChI=1S/C24H20N2O2/c27-26(28)18-14-12-17(13-15-18)23-21-10-5-9-20(21)22-11-4-8-19(24(22)25-23)16-6-2-1-3-7-16/h1-9,11-15,20-21,23,25H,10H2/t20-,21-,23+/m1/s1. The van der Waals surface area contributed by atoms with E-state index < -0.39 is 0 Å². The molecule has 0 radical (unpaired) electrons. The predicted molar refractivity (Wildman–Crippen MR) is 111 cm³/mol. The summed E-state index contributed by atoms with van der Waals surface area (Å²) in [6.45, 7) is 0. The lowest BCUT2D eigenvalue weighted by Gasteiger charge is -2.38. The number of nitro benzene ring substituents is 1. The van der Waals surface area contributed by atoms with Crippen molar-refractivity contribution in [2.24, 2.45) is 5.92 Å². The van der Waals surface area contributed by atoms with Crippen LogP contribution in [0, 0.1) is 16.0 Å². The fourth-order valence-electron chi connectivity index (χ4n) is 4.61. The van der Waals surface area contributed by atoms with Crippen LogP contribution in [0.2, 0.25) is 0 Å². The van der Waals surface area contributed by atoms with Gasteiger partial charge in [0.15, 0.2) is 0 Å². The van der Waals surface area contributed by atoms with E-state index in [1.165, 1.54) is 22.4 Å². The first kappa shape index (κ1) is 16.8. The molecule has 5 rings (SSSR count). The van der Waals surface area contributed by atoms with Gasteiger partial charge in [-0.1, -0.05) is 72.8 Å². The number of benzene rings is 3. The zero-order valence-corrected chi connectivity index (χ0v) is 15.3. The summed E-state index contributed by atoms with van der Waals surface area (Å²) in [6, 6.07) is 24.0. The first-order valence-electron chi connectivity index (χ1n) is 9.58. The molecule has 1 N–H and O–H groups in total. The van der Waals surface area contributed by atoms with Gasteiger partial charge in [-0.2, -0.15) is 0 Å². The molecule has 3 aromatic carbocycles. The van der Waals surface area contributed by atoms with Crippen molar-refractivity contribution >= 4 is 11.4 Å². The second-order valence-electron chi connectivity index (χ2n) is 7.46. The van der Waals surface area contributed by atoms with Crippen molar-refractivity contribution in [3.63, 3.8) is 0 Å². The van der Waals surface area contributed by atoms with E-state index in [1.54, 1.807) is 12.1 Å². The van der Waals surface area contributed by atoms with Gasteiger partial charge < -0.3 is 5.32 Å². The Morgan fingerprint density at radius 1 is 0.929 bits per heavy atom. The normalized spacial score (nSPS) is 22.2. The van der Waals surface area contributed by atoms with Gasteiger partial charge >= 0.3 is 0 Å². The predicted octanol–water partition coefficient (Wildman–Crippen LogP) is 6.09. The van der Waals surface area contributed by atoms with Crippen LogP contribution >= 0.6 is 0 Å². The molecule has 0 spiro atoms. The van der Waals surface area contributed by atoms with Crippen LogP contribution in [-0.2, 0) is 0 Å². The minimum Gasteiger partial charge on any atom is -0.377 e. The topological polar surface area (TPSA) is 55.2 Å². The first-order valence-corrected chi connectivity index (χ1v) is 9.58. The highest BCUT2D eigenvalue weighted by Crippen LogP contribution is 2.52. The monoisotopic (exact) mass is 368 g/mol. The Bertz CT molecular complexity index is 1060. The molecule has 0 saturated heterocycles. The summed E-state index contributed by atoms with van der Waals surface area (Å²) in [5.41, 5.74) is 6.12. The Labute approximate surface area is 163 Å². The lowest BCUT2D eigenvalue weighted by atomic mass is 9.76. The zero-order chi connectivity index (χ0) is 19.1. The number of non-ortho nitro benzene ring substituents is 1. The molecule has 4 nitrogen and oxygen atoms in total. The molecule has 138 valence electrons. The summed E-state index contributed by atoms with van der Waals surface area (Å²) in [4.78, 5) is 10.7. The number of nitrogens with zero attached hydrogens (tertiary/aromatic N) is 1.